The Morgan fingerprint density at radius 1 is 1.23 bits per heavy atom. The van der Waals surface area contributed by atoms with E-state index in [0.29, 0.717) is 23.1 Å². The molecule has 1 aliphatic carbocycles. The van der Waals surface area contributed by atoms with Crippen LogP contribution in [0.15, 0.2) is 18.2 Å². The zero-order valence-electron chi connectivity index (χ0n) is 13.0. The molecule has 0 bridgehead atoms. The quantitative estimate of drug-likeness (QED) is 0.618. The van der Waals surface area contributed by atoms with Gasteiger partial charge in [-0.3, -0.25) is 14.9 Å². The molecule has 5 heteroatoms. The fourth-order valence-electron chi connectivity index (χ4n) is 4.04. The first kappa shape index (κ1) is 15.0. The molecule has 1 aromatic carbocycles. The summed E-state index contributed by atoms with van der Waals surface area (Å²) < 4.78 is 0. The van der Waals surface area contributed by atoms with Crippen LogP contribution in [0.4, 0.5) is 5.69 Å². The van der Waals surface area contributed by atoms with Crippen molar-refractivity contribution in [2.75, 3.05) is 6.54 Å². The van der Waals surface area contributed by atoms with Gasteiger partial charge in [0.05, 0.1) is 4.92 Å². The second-order valence-corrected chi connectivity index (χ2v) is 6.51. The molecule has 1 amide bonds. The number of aryl methyl sites for hydroxylation is 1. The van der Waals surface area contributed by atoms with Gasteiger partial charge in [-0.1, -0.05) is 12.8 Å². The van der Waals surface area contributed by atoms with Crippen LogP contribution in [0.3, 0.4) is 0 Å². The highest BCUT2D eigenvalue weighted by Crippen LogP contribution is 2.36. The van der Waals surface area contributed by atoms with Crippen LogP contribution in [0.1, 0.15) is 54.4 Å². The number of carbonyl (C=O) groups is 1. The zero-order chi connectivity index (χ0) is 15.7. The number of benzene rings is 1. The van der Waals surface area contributed by atoms with Crippen molar-refractivity contribution in [3.63, 3.8) is 0 Å². The lowest BCUT2D eigenvalue weighted by molar-refractivity contribution is -0.385. The molecule has 1 heterocycles. The molecule has 1 saturated carbocycles. The molecule has 22 heavy (non-hydrogen) atoms. The molecule has 118 valence electrons. The van der Waals surface area contributed by atoms with Crippen LogP contribution in [0.25, 0.3) is 0 Å². The van der Waals surface area contributed by atoms with Crippen molar-refractivity contribution < 1.29 is 9.72 Å². The molecule has 1 saturated heterocycles. The molecule has 2 aliphatic rings. The Morgan fingerprint density at radius 3 is 2.68 bits per heavy atom. The summed E-state index contributed by atoms with van der Waals surface area (Å²) in [4.78, 5) is 25.4. The molecule has 0 radical (unpaired) electrons. The summed E-state index contributed by atoms with van der Waals surface area (Å²) in [5.41, 5.74) is 1.20. The van der Waals surface area contributed by atoms with Gasteiger partial charge in [-0.15, -0.1) is 0 Å². The highest BCUT2D eigenvalue weighted by atomic mass is 16.6. The third kappa shape index (κ3) is 2.72. The molecule has 2 atom stereocenters. The predicted molar refractivity (Wildman–Crippen MR) is 83.8 cm³/mol. The minimum atomic E-state index is -0.401. The van der Waals surface area contributed by atoms with Gasteiger partial charge >= 0.3 is 0 Å². The van der Waals surface area contributed by atoms with E-state index in [0.717, 1.165) is 19.4 Å². The minimum Gasteiger partial charge on any atom is -0.335 e. The lowest BCUT2D eigenvalue weighted by Gasteiger charge is -2.44. The van der Waals surface area contributed by atoms with E-state index in [1.165, 1.54) is 31.7 Å². The van der Waals surface area contributed by atoms with Gasteiger partial charge in [0.1, 0.15) is 0 Å². The molecule has 5 nitrogen and oxygen atoms in total. The first-order chi connectivity index (χ1) is 10.6. The third-order valence-electron chi connectivity index (χ3n) is 5.14. The standard InChI is InChI=1S/C17H22N2O3/c1-12-11-14(8-9-15(12)19(21)22)17(20)18-10-4-6-13-5-2-3-7-16(13)18/h8-9,11,13,16H,2-7,10H2,1H3/t13-,16-/m1/s1. The van der Waals surface area contributed by atoms with Crippen LogP contribution >= 0.6 is 0 Å². The molecule has 1 aliphatic heterocycles. The summed E-state index contributed by atoms with van der Waals surface area (Å²) in [6, 6.07) is 5.07. The average molecular weight is 302 g/mol. The fraction of sp³-hybridized carbons (Fsp3) is 0.588. The third-order valence-corrected chi connectivity index (χ3v) is 5.14. The Kier molecular flexibility index (Phi) is 4.14. The molecular weight excluding hydrogens is 280 g/mol. The van der Waals surface area contributed by atoms with E-state index in [9.17, 15) is 14.9 Å². The van der Waals surface area contributed by atoms with Crippen molar-refractivity contribution in [2.24, 2.45) is 5.92 Å². The van der Waals surface area contributed by atoms with E-state index in [-0.39, 0.29) is 11.6 Å². The van der Waals surface area contributed by atoms with Gasteiger partial charge in [-0.2, -0.15) is 0 Å². The summed E-state index contributed by atoms with van der Waals surface area (Å²) >= 11 is 0. The van der Waals surface area contributed by atoms with Crippen molar-refractivity contribution in [3.8, 4) is 0 Å². The summed E-state index contributed by atoms with van der Waals surface area (Å²) in [6.07, 6.45) is 7.10. The lowest BCUT2D eigenvalue weighted by atomic mass is 9.78. The Labute approximate surface area is 130 Å². The molecule has 0 aromatic heterocycles. The van der Waals surface area contributed by atoms with Crippen molar-refractivity contribution in [1.82, 2.24) is 4.90 Å². The van der Waals surface area contributed by atoms with Gasteiger partial charge in [-0.05, 0) is 50.7 Å². The van der Waals surface area contributed by atoms with E-state index < -0.39 is 4.92 Å². The summed E-state index contributed by atoms with van der Waals surface area (Å²) in [5.74, 6) is 0.681. The van der Waals surface area contributed by atoms with E-state index in [2.05, 4.69) is 0 Å². The Balaban J connectivity index is 1.83. The molecule has 0 spiro atoms. The van der Waals surface area contributed by atoms with Crippen LogP contribution < -0.4 is 0 Å². The first-order valence-corrected chi connectivity index (χ1v) is 8.14. The maximum absolute atomic E-state index is 12.8. The van der Waals surface area contributed by atoms with Crippen LogP contribution in [0.2, 0.25) is 0 Å². The first-order valence-electron chi connectivity index (χ1n) is 8.14. The van der Waals surface area contributed by atoms with E-state index in [4.69, 9.17) is 0 Å². The molecule has 3 rings (SSSR count). The number of fused-ring (bicyclic) bond motifs is 1. The monoisotopic (exact) mass is 302 g/mol. The molecular formula is C17H22N2O3. The second-order valence-electron chi connectivity index (χ2n) is 6.51. The number of hydrogen-bond acceptors (Lipinski definition) is 3. The number of likely N-dealkylation sites (tertiary alicyclic amines) is 1. The van der Waals surface area contributed by atoms with Crippen LogP contribution in [-0.4, -0.2) is 28.3 Å². The van der Waals surface area contributed by atoms with Crippen LogP contribution in [0.5, 0.6) is 0 Å². The number of rotatable bonds is 2. The SMILES string of the molecule is Cc1cc(C(=O)N2CCC[C@H]3CCCC[C@H]32)ccc1[N+](=O)[O-]. The average Bonchev–Trinajstić information content (AvgIpc) is 2.53. The second kappa shape index (κ2) is 6.07. The molecule has 0 N–H and O–H groups in total. The number of amides is 1. The number of nitrogens with zero attached hydrogens (tertiary/aromatic N) is 2. The van der Waals surface area contributed by atoms with Crippen molar-refractivity contribution in [1.29, 1.82) is 0 Å². The molecule has 0 unspecified atom stereocenters. The molecule has 2 fully saturated rings. The van der Waals surface area contributed by atoms with E-state index in [1.54, 1.807) is 19.1 Å². The fourth-order valence-corrected chi connectivity index (χ4v) is 4.04. The van der Waals surface area contributed by atoms with Crippen LogP contribution in [-0.2, 0) is 0 Å². The van der Waals surface area contributed by atoms with E-state index >= 15 is 0 Å². The largest absolute Gasteiger partial charge is 0.335 e. The van der Waals surface area contributed by atoms with Crippen LogP contribution in [0, 0.1) is 23.0 Å². The maximum atomic E-state index is 12.8. The van der Waals surface area contributed by atoms with Gasteiger partial charge in [0.25, 0.3) is 11.6 Å². The van der Waals surface area contributed by atoms with Gasteiger partial charge in [0, 0.05) is 29.8 Å². The van der Waals surface area contributed by atoms with Crippen molar-refractivity contribution in [2.45, 2.75) is 51.5 Å². The van der Waals surface area contributed by atoms with Crippen molar-refractivity contribution >= 4 is 11.6 Å². The number of nitro groups is 1. The topological polar surface area (TPSA) is 63.5 Å². The highest BCUT2D eigenvalue weighted by Gasteiger charge is 2.36. The van der Waals surface area contributed by atoms with Gasteiger partial charge in [-0.25, -0.2) is 0 Å². The maximum Gasteiger partial charge on any atom is 0.272 e. The highest BCUT2D eigenvalue weighted by molar-refractivity contribution is 5.95. The minimum absolute atomic E-state index is 0.0367. The van der Waals surface area contributed by atoms with E-state index in [1.807, 2.05) is 4.90 Å². The summed E-state index contributed by atoms with van der Waals surface area (Å²) in [6.45, 7) is 2.50. The van der Waals surface area contributed by atoms with Crippen molar-refractivity contribution in [3.05, 3.63) is 39.4 Å². The lowest BCUT2D eigenvalue weighted by Crippen LogP contribution is -2.49. The van der Waals surface area contributed by atoms with Gasteiger partial charge in [0.15, 0.2) is 0 Å². The summed E-state index contributed by atoms with van der Waals surface area (Å²) in [5, 5.41) is 10.9. The zero-order valence-corrected chi connectivity index (χ0v) is 13.0. The molecule has 1 aromatic rings. The Hall–Kier alpha value is -1.91. The smallest absolute Gasteiger partial charge is 0.272 e. The van der Waals surface area contributed by atoms with Gasteiger partial charge in [0.2, 0.25) is 0 Å². The summed E-state index contributed by atoms with van der Waals surface area (Å²) in [7, 11) is 0. The normalized spacial score (nSPS) is 24.7. The van der Waals surface area contributed by atoms with Gasteiger partial charge < -0.3 is 4.90 Å². The number of piperidine rings is 1. The number of nitro benzene ring substituents is 1. The Morgan fingerprint density at radius 2 is 1.95 bits per heavy atom. The Bertz CT molecular complexity index is 598. The predicted octanol–water partition coefficient (Wildman–Crippen LogP) is 3.70. The number of hydrogen-bond donors (Lipinski definition) is 0. The number of carbonyl (C=O) groups excluding carboxylic acids is 1.